The van der Waals surface area contributed by atoms with Gasteiger partial charge in [-0.15, -0.1) is 0 Å². The van der Waals surface area contributed by atoms with Gasteiger partial charge in [-0.25, -0.2) is 4.68 Å². The molecule has 0 saturated carbocycles. The van der Waals surface area contributed by atoms with Gasteiger partial charge in [-0.05, 0) is 29.8 Å². The lowest BCUT2D eigenvalue weighted by molar-refractivity contribution is -0.114. The third-order valence-corrected chi connectivity index (χ3v) is 4.45. The number of amides is 2. The van der Waals surface area contributed by atoms with E-state index in [0.717, 1.165) is 11.3 Å². The largest absolute Gasteiger partial charge is 0.493 e. The number of nitrogens with zero attached hydrogens (tertiary/aromatic N) is 3. The fraction of sp³-hybridized carbons (Fsp3) is 0.227. The topological polar surface area (TPSA) is 85.7 Å². The second kappa shape index (κ2) is 9.13. The SMILES string of the molecule is COc1ccc(CN(C)C(=O)c2cc(NC(C)=O)n(-c3ccccc3)n2)cc1OC. The Balaban J connectivity index is 1.85. The van der Waals surface area contributed by atoms with Crippen molar-refractivity contribution in [1.29, 1.82) is 0 Å². The number of aromatic nitrogens is 2. The zero-order valence-electron chi connectivity index (χ0n) is 17.4. The van der Waals surface area contributed by atoms with Gasteiger partial charge in [0.15, 0.2) is 17.2 Å². The van der Waals surface area contributed by atoms with Crippen LogP contribution in [0.25, 0.3) is 5.69 Å². The van der Waals surface area contributed by atoms with Crippen molar-refractivity contribution in [3.8, 4) is 17.2 Å². The van der Waals surface area contributed by atoms with E-state index in [9.17, 15) is 9.59 Å². The molecular weight excluding hydrogens is 384 g/mol. The molecule has 0 spiro atoms. The maximum absolute atomic E-state index is 13.0. The van der Waals surface area contributed by atoms with Crippen molar-refractivity contribution >= 4 is 17.6 Å². The van der Waals surface area contributed by atoms with Crippen LogP contribution in [-0.4, -0.2) is 47.8 Å². The molecule has 30 heavy (non-hydrogen) atoms. The highest BCUT2D eigenvalue weighted by molar-refractivity contribution is 5.95. The molecule has 0 unspecified atom stereocenters. The zero-order chi connectivity index (χ0) is 21.7. The summed E-state index contributed by atoms with van der Waals surface area (Å²) in [5.41, 5.74) is 1.85. The lowest BCUT2D eigenvalue weighted by atomic mass is 10.2. The summed E-state index contributed by atoms with van der Waals surface area (Å²) in [7, 11) is 4.83. The molecule has 156 valence electrons. The number of ether oxygens (including phenoxy) is 2. The van der Waals surface area contributed by atoms with Crippen molar-refractivity contribution in [1.82, 2.24) is 14.7 Å². The number of hydrogen-bond acceptors (Lipinski definition) is 5. The Labute approximate surface area is 175 Å². The molecule has 1 N–H and O–H groups in total. The third kappa shape index (κ3) is 4.60. The second-order valence-corrected chi connectivity index (χ2v) is 6.69. The molecule has 0 atom stereocenters. The summed E-state index contributed by atoms with van der Waals surface area (Å²) < 4.78 is 12.1. The predicted molar refractivity (Wildman–Crippen MR) is 113 cm³/mol. The van der Waals surface area contributed by atoms with E-state index in [2.05, 4.69) is 10.4 Å². The van der Waals surface area contributed by atoms with Crippen LogP contribution in [0.2, 0.25) is 0 Å². The number of benzene rings is 2. The number of para-hydroxylation sites is 1. The molecule has 1 heterocycles. The molecule has 0 aliphatic carbocycles. The predicted octanol–water partition coefficient (Wildman–Crippen LogP) is 3.12. The number of carbonyl (C=O) groups is 2. The Morgan fingerprint density at radius 1 is 1.03 bits per heavy atom. The average molecular weight is 408 g/mol. The molecule has 0 bridgehead atoms. The number of anilines is 1. The van der Waals surface area contributed by atoms with Crippen LogP contribution in [0.3, 0.4) is 0 Å². The van der Waals surface area contributed by atoms with Crippen LogP contribution < -0.4 is 14.8 Å². The molecule has 1 aromatic heterocycles. The Kier molecular flexibility index (Phi) is 6.36. The quantitative estimate of drug-likeness (QED) is 0.649. The third-order valence-electron chi connectivity index (χ3n) is 4.45. The smallest absolute Gasteiger partial charge is 0.274 e. The van der Waals surface area contributed by atoms with Gasteiger partial charge in [-0.2, -0.15) is 5.10 Å². The van der Waals surface area contributed by atoms with Crippen molar-refractivity contribution in [2.45, 2.75) is 13.5 Å². The molecular formula is C22H24N4O4. The average Bonchev–Trinajstić information content (AvgIpc) is 3.16. The summed E-state index contributed by atoms with van der Waals surface area (Å²) in [6, 6.07) is 16.4. The lowest BCUT2D eigenvalue weighted by Crippen LogP contribution is -2.26. The molecule has 3 rings (SSSR count). The first-order valence-electron chi connectivity index (χ1n) is 9.32. The Morgan fingerprint density at radius 2 is 1.73 bits per heavy atom. The van der Waals surface area contributed by atoms with Crippen molar-refractivity contribution in [2.75, 3.05) is 26.6 Å². The molecule has 8 nitrogen and oxygen atoms in total. The van der Waals surface area contributed by atoms with E-state index in [1.54, 1.807) is 43.0 Å². The van der Waals surface area contributed by atoms with Gasteiger partial charge in [-0.1, -0.05) is 24.3 Å². The van der Waals surface area contributed by atoms with Crippen molar-refractivity contribution in [3.63, 3.8) is 0 Å². The maximum atomic E-state index is 13.0. The van der Waals surface area contributed by atoms with Crippen LogP contribution in [-0.2, 0) is 11.3 Å². The van der Waals surface area contributed by atoms with Crippen molar-refractivity contribution in [2.24, 2.45) is 0 Å². The molecule has 8 heteroatoms. The van der Waals surface area contributed by atoms with E-state index in [1.807, 2.05) is 42.5 Å². The normalized spacial score (nSPS) is 10.4. The molecule has 0 fully saturated rings. The maximum Gasteiger partial charge on any atom is 0.274 e. The minimum absolute atomic E-state index is 0.227. The number of nitrogens with one attached hydrogen (secondary N) is 1. The highest BCUT2D eigenvalue weighted by Gasteiger charge is 2.20. The first kappa shape index (κ1) is 20.9. The number of hydrogen-bond donors (Lipinski definition) is 1. The van der Waals surface area contributed by atoms with Crippen LogP contribution in [0.1, 0.15) is 23.0 Å². The fourth-order valence-corrected chi connectivity index (χ4v) is 3.04. The first-order chi connectivity index (χ1) is 14.4. The summed E-state index contributed by atoms with van der Waals surface area (Å²) in [6.45, 7) is 1.76. The van der Waals surface area contributed by atoms with Crippen LogP contribution in [0.15, 0.2) is 54.6 Å². The summed E-state index contributed by atoms with van der Waals surface area (Å²) in [5.74, 6) is 1.13. The number of methoxy groups -OCH3 is 2. The van der Waals surface area contributed by atoms with E-state index in [4.69, 9.17) is 9.47 Å². The van der Waals surface area contributed by atoms with Crippen molar-refractivity contribution < 1.29 is 19.1 Å². The summed E-state index contributed by atoms with van der Waals surface area (Å²) in [4.78, 5) is 26.1. The molecule has 0 radical (unpaired) electrons. The van der Waals surface area contributed by atoms with Gasteiger partial charge in [0.2, 0.25) is 5.91 Å². The second-order valence-electron chi connectivity index (χ2n) is 6.69. The minimum atomic E-state index is -0.272. The first-order valence-corrected chi connectivity index (χ1v) is 9.32. The van der Waals surface area contributed by atoms with Crippen LogP contribution in [0.4, 0.5) is 5.82 Å². The highest BCUT2D eigenvalue weighted by Crippen LogP contribution is 2.28. The molecule has 0 saturated heterocycles. The van der Waals surface area contributed by atoms with Crippen LogP contribution >= 0.6 is 0 Å². The highest BCUT2D eigenvalue weighted by atomic mass is 16.5. The Hall–Kier alpha value is -3.81. The fourth-order valence-electron chi connectivity index (χ4n) is 3.04. The van der Waals surface area contributed by atoms with Gasteiger partial charge in [0, 0.05) is 26.6 Å². The molecule has 0 aliphatic heterocycles. The monoisotopic (exact) mass is 408 g/mol. The van der Waals surface area contributed by atoms with Gasteiger partial charge in [-0.3, -0.25) is 9.59 Å². The van der Waals surface area contributed by atoms with E-state index >= 15 is 0 Å². The van der Waals surface area contributed by atoms with Gasteiger partial charge >= 0.3 is 0 Å². The number of rotatable bonds is 7. The van der Waals surface area contributed by atoms with E-state index < -0.39 is 0 Å². The Morgan fingerprint density at radius 3 is 2.37 bits per heavy atom. The van der Waals surface area contributed by atoms with Crippen LogP contribution in [0, 0.1) is 0 Å². The summed E-state index contributed by atoms with van der Waals surface area (Å²) in [5, 5.41) is 7.15. The van der Waals surface area contributed by atoms with E-state index in [1.165, 1.54) is 6.92 Å². The molecule has 3 aromatic rings. The lowest BCUT2D eigenvalue weighted by Gasteiger charge is -2.17. The van der Waals surface area contributed by atoms with E-state index in [-0.39, 0.29) is 17.5 Å². The molecule has 0 aliphatic rings. The van der Waals surface area contributed by atoms with Gasteiger partial charge in [0.25, 0.3) is 5.91 Å². The zero-order valence-corrected chi connectivity index (χ0v) is 17.4. The van der Waals surface area contributed by atoms with Gasteiger partial charge in [0.1, 0.15) is 5.82 Å². The van der Waals surface area contributed by atoms with Gasteiger partial charge in [0.05, 0.1) is 19.9 Å². The minimum Gasteiger partial charge on any atom is -0.493 e. The standard InChI is InChI=1S/C22H24N4O4/c1-15(27)23-21-13-18(24-26(21)17-8-6-5-7-9-17)22(28)25(2)14-16-10-11-19(29-3)20(12-16)30-4/h5-13H,14H2,1-4H3,(H,23,27). The van der Waals surface area contributed by atoms with Crippen LogP contribution in [0.5, 0.6) is 11.5 Å². The van der Waals surface area contributed by atoms with E-state index in [0.29, 0.717) is 23.9 Å². The summed E-state index contributed by atoms with van der Waals surface area (Å²) >= 11 is 0. The number of carbonyl (C=O) groups excluding carboxylic acids is 2. The van der Waals surface area contributed by atoms with Crippen molar-refractivity contribution in [3.05, 3.63) is 65.9 Å². The Bertz CT molecular complexity index is 1050. The summed E-state index contributed by atoms with van der Waals surface area (Å²) in [6.07, 6.45) is 0. The molecule has 2 amide bonds. The van der Waals surface area contributed by atoms with Gasteiger partial charge < -0.3 is 19.7 Å². The molecule has 2 aromatic carbocycles.